The van der Waals surface area contributed by atoms with Gasteiger partial charge in [-0.1, -0.05) is 11.6 Å². The van der Waals surface area contributed by atoms with Crippen LogP contribution in [0.1, 0.15) is 16.8 Å². The number of aliphatic hydroxyl groups excluding tert-OH is 1. The van der Waals surface area contributed by atoms with Gasteiger partial charge in [0.25, 0.3) is 5.91 Å². The molecular formula is C14H19ClN2O5. The van der Waals surface area contributed by atoms with E-state index < -0.39 is 23.8 Å². The highest BCUT2D eigenvalue weighted by Crippen LogP contribution is 2.11. The predicted octanol–water partition coefficient (Wildman–Crippen LogP) is 0.589. The van der Waals surface area contributed by atoms with Crippen LogP contribution in [-0.2, 0) is 9.53 Å². The van der Waals surface area contributed by atoms with Gasteiger partial charge in [0, 0.05) is 17.7 Å². The standard InChI is InChI=1S/C14H19ClN2O5/c1-22-8-10(14(20)17-21)6-12(7-18)16-13(19)9-2-4-11(15)5-3-9/h2-5,10,12,18,21H,6-8H2,1H3,(H,16,19)(H,17,20). The van der Waals surface area contributed by atoms with E-state index in [0.29, 0.717) is 10.6 Å². The molecule has 1 aromatic carbocycles. The number of hydroxylamine groups is 1. The van der Waals surface area contributed by atoms with Gasteiger partial charge in [0.1, 0.15) is 0 Å². The number of carbonyl (C=O) groups excluding carboxylic acids is 2. The van der Waals surface area contributed by atoms with E-state index in [-0.39, 0.29) is 19.6 Å². The van der Waals surface area contributed by atoms with Crippen molar-refractivity contribution in [2.75, 3.05) is 20.3 Å². The maximum atomic E-state index is 12.1. The molecule has 7 nitrogen and oxygen atoms in total. The van der Waals surface area contributed by atoms with Gasteiger partial charge in [-0.3, -0.25) is 14.8 Å². The zero-order valence-electron chi connectivity index (χ0n) is 12.1. The van der Waals surface area contributed by atoms with Crippen LogP contribution in [0.25, 0.3) is 0 Å². The van der Waals surface area contributed by atoms with Gasteiger partial charge in [0.2, 0.25) is 5.91 Å². The molecule has 8 heteroatoms. The van der Waals surface area contributed by atoms with Gasteiger partial charge >= 0.3 is 0 Å². The van der Waals surface area contributed by atoms with Crippen molar-refractivity contribution in [3.63, 3.8) is 0 Å². The van der Waals surface area contributed by atoms with Gasteiger partial charge < -0.3 is 15.2 Å². The fraction of sp³-hybridized carbons (Fsp3) is 0.429. The minimum absolute atomic E-state index is 0.0553. The maximum Gasteiger partial charge on any atom is 0.251 e. The topological polar surface area (TPSA) is 108 Å². The summed E-state index contributed by atoms with van der Waals surface area (Å²) in [5.41, 5.74) is 1.93. The number of amides is 2. The molecule has 0 bridgehead atoms. The van der Waals surface area contributed by atoms with Gasteiger partial charge in [0.05, 0.1) is 25.2 Å². The Bertz CT molecular complexity index is 495. The molecule has 0 aromatic heterocycles. The number of carbonyl (C=O) groups is 2. The van der Waals surface area contributed by atoms with Crippen LogP contribution < -0.4 is 10.8 Å². The van der Waals surface area contributed by atoms with Crippen LogP contribution in [-0.4, -0.2) is 48.5 Å². The quantitative estimate of drug-likeness (QED) is 0.412. The average molecular weight is 331 g/mol. The molecule has 1 aromatic rings. The lowest BCUT2D eigenvalue weighted by Gasteiger charge is -2.21. The summed E-state index contributed by atoms with van der Waals surface area (Å²) in [5.74, 6) is -1.73. The van der Waals surface area contributed by atoms with Crippen molar-refractivity contribution in [2.45, 2.75) is 12.5 Å². The molecule has 0 aliphatic carbocycles. The molecule has 122 valence electrons. The van der Waals surface area contributed by atoms with Crippen molar-refractivity contribution in [2.24, 2.45) is 5.92 Å². The molecule has 0 radical (unpaired) electrons. The summed E-state index contributed by atoms with van der Waals surface area (Å²) in [7, 11) is 1.41. The van der Waals surface area contributed by atoms with Crippen molar-refractivity contribution >= 4 is 23.4 Å². The van der Waals surface area contributed by atoms with Crippen LogP contribution in [0.5, 0.6) is 0 Å². The molecule has 22 heavy (non-hydrogen) atoms. The smallest absolute Gasteiger partial charge is 0.251 e. The van der Waals surface area contributed by atoms with Gasteiger partial charge in [-0.25, -0.2) is 5.48 Å². The third kappa shape index (κ3) is 5.61. The molecule has 0 spiro atoms. The number of rotatable bonds is 8. The summed E-state index contributed by atoms with van der Waals surface area (Å²) in [4.78, 5) is 23.6. The minimum atomic E-state index is -0.697. The van der Waals surface area contributed by atoms with Crippen LogP contribution in [0.4, 0.5) is 0 Å². The second-order valence-corrected chi connectivity index (χ2v) is 5.16. The molecular weight excluding hydrogens is 312 g/mol. The molecule has 0 fully saturated rings. The van der Waals surface area contributed by atoms with E-state index in [2.05, 4.69) is 5.32 Å². The van der Waals surface area contributed by atoms with Crippen LogP contribution in [0, 0.1) is 5.92 Å². The fourth-order valence-electron chi connectivity index (χ4n) is 1.94. The second kappa shape index (κ2) is 9.37. The van der Waals surface area contributed by atoms with E-state index in [9.17, 15) is 14.7 Å². The Labute approximate surface area is 133 Å². The lowest BCUT2D eigenvalue weighted by atomic mass is 10.00. The minimum Gasteiger partial charge on any atom is -0.394 e. The highest BCUT2D eigenvalue weighted by atomic mass is 35.5. The van der Waals surface area contributed by atoms with Crippen LogP contribution in [0.3, 0.4) is 0 Å². The lowest BCUT2D eigenvalue weighted by Crippen LogP contribution is -2.42. The Kier molecular flexibility index (Phi) is 7.83. The molecule has 1 rings (SSSR count). The van der Waals surface area contributed by atoms with Gasteiger partial charge in [0.15, 0.2) is 0 Å². The first-order chi connectivity index (χ1) is 10.5. The van der Waals surface area contributed by atoms with Crippen molar-refractivity contribution < 1.29 is 24.6 Å². The number of hydrogen-bond donors (Lipinski definition) is 4. The number of aliphatic hydroxyl groups is 1. The molecule has 0 aliphatic rings. The molecule has 0 saturated heterocycles. The highest BCUT2D eigenvalue weighted by molar-refractivity contribution is 6.30. The first-order valence-electron chi connectivity index (χ1n) is 6.62. The van der Waals surface area contributed by atoms with Crippen LogP contribution in [0.15, 0.2) is 24.3 Å². The summed E-state index contributed by atoms with van der Waals surface area (Å²) in [6, 6.07) is 5.62. The predicted molar refractivity (Wildman–Crippen MR) is 79.7 cm³/mol. The Morgan fingerprint density at radius 1 is 1.32 bits per heavy atom. The first-order valence-corrected chi connectivity index (χ1v) is 6.99. The van der Waals surface area contributed by atoms with Crippen molar-refractivity contribution in [1.82, 2.24) is 10.8 Å². The van der Waals surface area contributed by atoms with E-state index >= 15 is 0 Å². The number of methoxy groups -OCH3 is 1. The third-order valence-electron chi connectivity index (χ3n) is 3.08. The number of ether oxygens (including phenoxy) is 1. The van der Waals surface area contributed by atoms with E-state index in [0.717, 1.165) is 0 Å². The Hall–Kier alpha value is -1.67. The fourth-order valence-corrected chi connectivity index (χ4v) is 2.06. The molecule has 4 N–H and O–H groups in total. The zero-order chi connectivity index (χ0) is 16.5. The van der Waals surface area contributed by atoms with Gasteiger partial charge in [-0.15, -0.1) is 0 Å². The van der Waals surface area contributed by atoms with Crippen LogP contribution >= 0.6 is 11.6 Å². The Morgan fingerprint density at radius 3 is 2.45 bits per heavy atom. The highest BCUT2D eigenvalue weighted by Gasteiger charge is 2.24. The van der Waals surface area contributed by atoms with Crippen molar-refractivity contribution in [3.05, 3.63) is 34.9 Å². The Morgan fingerprint density at radius 2 is 1.95 bits per heavy atom. The van der Waals surface area contributed by atoms with E-state index in [4.69, 9.17) is 21.5 Å². The first kappa shape index (κ1) is 18.4. The summed E-state index contributed by atoms with van der Waals surface area (Å²) < 4.78 is 4.89. The van der Waals surface area contributed by atoms with Crippen molar-refractivity contribution in [1.29, 1.82) is 0 Å². The number of nitrogens with one attached hydrogen (secondary N) is 2. The Balaban J connectivity index is 2.68. The number of halogens is 1. The summed E-state index contributed by atoms with van der Waals surface area (Å²) in [6.07, 6.45) is 0.121. The average Bonchev–Trinajstić information content (AvgIpc) is 2.53. The van der Waals surface area contributed by atoms with E-state index in [1.165, 1.54) is 7.11 Å². The lowest BCUT2D eigenvalue weighted by molar-refractivity contribution is -0.135. The molecule has 2 atom stereocenters. The number of hydrogen-bond acceptors (Lipinski definition) is 5. The van der Waals surface area contributed by atoms with Crippen LogP contribution in [0.2, 0.25) is 5.02 Å². The normalized spacial score (nSPS) is 13.3. The molecule has 0 aliphatic heterocycles. The van der Waals surface area contributed by atoms with E-state index in [1.807, 2.05) is 0 Å². The van der Waals surface area contributed by atoms with Gasteiger partial charge in [-0.2, -0.15) is 0 Å². The maximum absolute atomic E-state index is 12.1. The van der Waals surface area contributed by atoms with E-state index in [1.54, 1.807) is 29.7 Å². The molecule has 0 heterocycles. The molecule has 2 amide bonds. The second-order valence-electron chi connectivity index (χ2n) is 4.72. The zero-order valence-corrected chi connectivity index (χ0v) is 12.8. The largest absolute Gasteiger partial charge is 0.394 e. The SMILES string of the molecule is COCC(CC(CO)NC(=O)c1ccc(Cl)cc1)C(=O)NO. The monoisotopic (exact) mass is 330 g/mol. The number of benzene rings is 1. The summed E-state index contributed by atoms with van der Waals surface area (Å²) in [5, 5.41) is 21.2. The van der Waals surface area contributed by atoms with Crippen molar-refractivity contribution in [3.8, 4) is 0 Å². The summed E-state index contributed by atoms with van der Waals surface area (Å²) in [6.45, 7) is -0.294. The molecule has 0 saturated carbocycles. The third-order valence-corrected chi connectivity index (χ3v) is 3.33. The van der Waals surface area contributed by atoms with Gasteiger partial charge in [-0.05, 0) is 30.7 Å². The summed E-state index contributed by atoms with van der Waals surface area (Å²) >= 11 is 5.75. The molecule has 2 unspecified atom stereocenters.